The molecule has 0 aliphatic rings. The van der Waals surface area contributed by atoms with Crippen molar-refractivity contribution in [3.8, 4) is 5.75 Å². The first kappa shape index (κ1) is 22.6. The van der Waals surface area contributed by atoms with Crippen LogP contribution < -0.4 is 10.5 Å². The van der Waals surface area contributed by atoms with Crippen LogP contribution >= 0.6 is 12.4 Å². The molecule has 7 heteroatoms. The third-order valence-electron chi connectivity index (χ3n) is 3.81. The summed E-state index contributed by atoms with van der Waals surface area (Å²) < 4.78 is 38.1. The van der Waals surface area contributed by atoms with Gasteiger partial charge in [-0.2, -0.15) is 0 Å². The monoisotopic (exact) mass is 365 g/mol. The van der Waals surface area contributed by atoms with Gasteiger partial charge >= 0.3 is 5.97 Å². The fourth-order valence-electron chi connectivity index (χ4n) is 2.40. The molecule has 2 N–H and O–H groups in total. The highest BCUT2D eigenvalue weighted by atomic mass is 35.5. The van der Waals surface area contributed by atoms with E-state index in [1.165, 1.54) is 6.92 Å². The van der Waals surface area contributed by atoms with Gasteiger partial charge in [0.15, 0.2) is 11.6 Å². The number of benzene rings is 1. The van der Waals surface area contributed by atoms with Crippen LogP contribution in [0.3, 0.4) is 0 Å². The molecule has 1 rings (SSSR count). The molecule has 0 bridgehead atoms. The molecule has 0 fully saturated rings. The van der Waals surface area contributed by atoms with Gasteiger partial charge in [-0.3, -0.25) is 4.79 Å². The van der Waals surface area contributed by atoms with E-state index in [1.54, 1.807) is 6.92 Å². The molecule has 0 heterocycles. The Balaban J connectivity index is 0.00000529. The average molecular weight is 366 g/mol. The van der Waals surface area contributed by atoms with Crippen LogP contribution in [0, 0.1) is 17.6 Å². The Morgan fingerprint density at radius 1 is 1.21 bits per heavy atom. The summed E-state index contributed by atoms with van der Waals surface area (Å²) in [7, 11) is 0. The first-order valence-electron chi connectivity index (χ1n) is 7.87. The van der Waals surface area contributed by atoms with Crippen LogP contribution in [0.15, 0.2) is 18.2 Å². The number of carbonyl (C=O) groups is 1. The fourth-order valence-corrected chi connectivity index (χ4v) is 2.40. The first-order chi connectivity index (χ1) is 10.8. The van der Waals surface area contributed by atoms with Crippen molar-refractivity contribution in [1.82, 2.24) is 0 Å². The summed E-state index contributed by atoms with van der Waals surface area (Å²) >= 11 is 0. The average Bonchev–Trinajstić information content (AvgIpc) is 2.50. The summed E-state index contributed by atoms with van der Waals surface area (Å²) in [4.78, 5) is 11.7. The van der Waals surface area contributed by atoms with Gasteiger partial charge in [-0.25, -0.2) is 8.78 Å². The van der Waals surface area contributed by atoms with Gasteiger partial charge in [0.2, 0.25) is 0 Å². The van der Waals surface area contributed by atoms with E-state index in [4.69, 9.17) is 15.2 Å². The summed E-state index contributed by atoms with van der Waals surface area (Å²) in [6.07, 6.45) is 0.265. The third kappa shape index (κ3) is 6.24. The number of ether oxygens (including phenoxy) is 2. The minimum Gasteiger partial charge on any atom is -0.483 e. The lowest BCUT2D eigenvalue weighted by Crippen LogP contribution is -2.42. The zero-order chi connectivity index (χ0) is 17.6. The number of carbonyl (C=O) groups excluding carboxylic acids is 1. The molecule has 0 amide bonds. The van der Waals surface area contributed by atoms with E-state index in [0.717, 1.165) is 31.0 Å². The number of nitrogens with two attached hydrogens (primary N) is 1. The summed E-state index contributed by atoms with van der Waals surface area (Å²) in [5, 5.41) is 0. The maximum atomic E-state index is 13.8. The number of hydrogen-bond acceptors (Lipinski definition) is 4. The zero-order valence-corrected chi connectivity index (χ0v) is 15.2. The molecule has 138 valence electrons. The molecule has 24 heavy (non-hydrogen) atoms. The van der Waals surface area contributed by atoms with Crippen LogP contribution in [-0.4, -0.2) is 24.2 Å². The molecule has 0 saturated carbocycles. The second-order valence-electron chi connectivity index (χ2n) is 5.66. The minimum absolute atomic E-state index is 0. The molecule has 4 nitrogen and oxygen atoms in total. The van der Waals surface area contributed by atoms with Crippen molar-refractivity contribution < 1.29 is 23.0 Å². The standard InChI is InChI=1S/C17H25F2NO3.ClH/c1-5-12(6-2)16(11(4)22-17(21)10(3)20)23-15-9-13(18)7-8-14(15)19;/h7-12,16H,5-6,20H2,1-4H3;1H/t10-,11-,16-;/m0./s1. The normalized spacial score (nSPS) is 14.5. The van der Waals surface area contributed by atoms with Crippen molar-refractivity contribution in [3.63, 3.8) is 0 Å². The van der Waals surface area contributed by atoms with E-state index >= 15 is 0 Å². The van der Waals surface area contributed by atoms with Crippen molar-refractivity contribution in [2.75, 3.05) is 0 Å². The van der Waals surface area contributed by atoms with Crippen molar-refractivity contribution >= 4 is 18.4 Å². The van der Waals surface area contributed by atoms with Gasteiger partial charge in [-0.05, 0) is 44.7 Å². The first-order valence-corrected chi connectivity index (χ1v) is 7.87. The number of halogens is 3. The molecule has 0 saturated heterocycles. The van der Waals surface area contributed by atoms with Crippen molar-refractivity contribution in [2.24, 2.45) is 11.7 Å². The van der Waals surface area contributed by atoms with E-state index in [1.807, 2.05) is 13.8 Å². The zero-order valence-electron chi connectivity index (χ0n) is 14.4. The van der Waals surface area contributed by atoms with Crippen molar-refractivity contribution in [3.05, 3.63) is 29.8 Å². The highest BCUT2D eigenvalue weighted by molar-refractivity contribution is 5.85. The molecule has 1 aromatic carbocycles. The summed E-state index contributed by atoms with van der Waals surface area (Å²) in [5.41, 5.74) is 5.50. The highest BCUT2D eigenvalue weighted by Crippen LogP contribution is 2.27. The van der Waals surface area contributed by atoms with Gasteiger partial charge in [0.1, 0.15) is 24.1 Å². The van der Waals surface area contributed by atoms with Crippen LogP contribution in [0.2, 0.25) is 0 Å². The number of rotatable bonds is 8. The highest BCUT2D eigenvalue weighted by Gasteiger charge is 2.31. The predicted octanol–water partition coefficient (Wildman–Crippen LogP) is 3.85. The number of esters is 1. The van der Waals surface area contributed by atoms with E-state index < -0.39 is 35.9 Å². The third-order valence-corrected chi connectivity index (χ3v) is 3.81. The lowest BCUT2D eigenvalue weighted by atomic mass is 9.93. The van der Waals surface area contributed by atoms with Crippen molar-refractivity contribution in [2.45, 2.75) is 58.8 Å². The van der Waals surface area contributed by atoms with Crippen LogP contribution in [0.1, 0.15) is 40.5 Å². The van der Waals surface area contributed by atoms with Gasteiger partial charge in [0.05, 0.1) is 0 Å². The molecule has 0 radical (unpaired) electrons. The Kier molecular flexibility index (Phi) is 9.85. The van der Waals surface area contributed by atoms with Crippen LogP contribution in [-0.2, 0) is 9.53 Å². The SMILES string of the molecule is CCC(CC)[C@@H](Oc1cc(F)ccc1F)[C@H](C)OC(=O)[C@H](C)N.Cl. The molecule has 0 aromatic heterocycles. The largest absolute Gasteiger partial charge is 0.483 e. The van der Waals surface area contributed by atoms with Crippen LogP contribution in [0.5, 0.6) is 5.75 Å². The van der Waals surface area contributed by atoms with Crippen LogP contribution in [0.25, 0.3) is 0 Å². The lowest BCUT2D eigenvalue weighted by molar-refractivity contribution is -0.155. The lowest BCUT2D eigenvalue weighted by Gasteiger charge is -2.31. The van der Waals surface area contributed by atoms with E-state index in [0.29, 0.717) is 0 Å². The smallest absolute Gasteiger partial charge is 0.323 e. The maximum absolute atomic E-state index is 13.8. The second kappa shape index (κ2) is 10.5. The Hall–Kier alpha value is -1.40. The molecule has 3 atom stereocenters. The predicted molar refractivity (Wildman–Crippen MR) is 91.3 cm³/mol. The maximum Gasteiger partial charge on any atom is 0.323 e. The second-order valence-corrected chi connectivity index (χ2v) is 5.66. The summed E-state index contributed by atoms with van der Waals surface area (Å²) in [5.74, 6) is -1.98. The Labute approximate surface area is 148 Å². The van der Waals surface area contributed by atoms with E-state index in [9.17, 15) is 13.6 Å². The Morgan fingerprint density at radius 2 is 1.79 bits per heavy atom. The summed E-state index contributed by atoms with van der Waals surface area (Å²) in [6, 6.07) is 2.26. The van der Waals surface area contributed by atoms with Gasteiger partial charge in [0.25, 0.3) is 0 Å². The Bertz CT molecular complexity index is 525. The summed E-state index contributed by atoms with van der Waals surface area (Å²) in [6.45, 7) is 7.12. The van der Waals surface area contributed by atoms with Gasteiger partial charge in [0, 0.05) is 6.07 Å². The molecule has 0 unspecified atom stereocenters. The quantitative estimate of drug-likeness (QED) is 0.711. The van der Waals surface area contributed by atoms with Crippen LogP contribution in [0.4, 0.5) is 8.78 Å². The molecule has 0 aliphatic carbocycles. The van der Waals surface area contributed by atoms with Gasteiger partial charge in [-0.1, -0.05) is 13.8 Å². The minimum atomic E-state index is -0.759. The fraction of sp³-hybridized carbons (Fsp3) is 0.588. The van der Waals surface area contributed by atoms with Crippen molar-refractivity contribution in [1.29, 1.82) is 0 Å². The Morgan fingerprint density at radius 3 is 2.29 bits per heavy atom. The molecule has 1 aromatic rings. The van der Waals surface area contributed by atoms with E-state index in [-0.39, 0.29) is 24.1 Å². The topological polar surface area (TPSA) is 61.5 Å². The molecule has 0 aliphatic heterocycles. The van der Waals surface area contributed by atoms with Gasteiger partial charge < -0.3 is 15.2 Å². The molecular formula is C17H26ClF2NO3. The van der Waals surface area contributed by atoms with E-state index in [2.05, 4.69) is 0 Å². The van der Waals surface area contributed by atoms with Gasteiger partial charge in [-0.15, -0.1) is 12.4 Å². The molecular weight excluding hydrogens is 340 g/mol. The molecule has 0 spiro atoms. The number of hydrogen-bond donors (Lipinski definition) is 1.